The van der Waals surface area contributed by atoms with Gasteiger partial charge in [0.2, 0.25) is 0 Å². The topological polar surface area (TPSA) is 9.23 Å². The van der Waals surface area contributed by atoms with Gasteiger partial charge in [-0.05, 0) is 13.8 Å². The maximum absolute atomic E-state index is 12.8. The molecule has 1 nitrogen and oxygen atoms in total. The van der Waals surface area contributed by atoms with E-state index in [-0.39, 0.29) is 11.9 Å². The molecule has 1 aromatic rings. The van der Waals surface area contributed by atoms with E-state index in [1.54, 1.807) is 13.8 Å². The van der Waals surface area contributed by atoms with Crippen molar-refractivity contribution < 1.29 is 29.9 Å². The first-order valence-corrected chi connectivity index (χ1v) is 10.8. The third-order valence-electron chi connectivity index (χ3n) is 1.21. The van der Waals surface area contributed by atoms with Crippen molar-refractivity contribution in [2.24, 2.45) is 0 Å². The summed E-state index contributed by atoms with van der Waals surface area (Å²) in [5.74, 6) is -1.77. The van der Waals surface area contributed by atoms with Gasteiger partial charge in [-0.1, -0.05) is 0 Å². The van der Waals surface area contributed by atoms with Crippen LogP contribution in [0.5, 0.6) is 5.75 Å². The molecule has 0 amide bonds. The van der Waals surface area contributed by atoms with Crippen LogP contribution in [0, 0.1) is 17.7 Å². The Labute approximate surface area is 98.9 Å². The van der Waals surface area contributed by atoms with Crippen molar-refractivity contribution in [3.05, 3.63) is 29.8 Å². The summed E-state index contributed by atoms with van der Waals surface area (Å²) in [7, 11) is 0. The van der Waals surface area contributed by atoms with Gasteiger partial charge in [-0.2, -0.15) is 6.07 Å². The van der Waals surface area contributed by atoms with Crippen LogP contribution in [0.15, 0.2) is 12.1 Å². The summed E-state index contributed by atoms with van der Waals surface area (Å²) in [4.78, 5) is 0. The second-order valence-electron chi connectivity index (χ2n) is 2.65. The van der Waals surface area contributed by atoms with Crippen molar-refractivity contribution >= 4 is 13.6 Å². The molecule has 0 aliphatic carbocycles. The van der Waals surface area contributed by atoms with Crippen molar-refractivity contribution in [3.63, 3.8) is 0 Å². The van der Waals surface area contributed by atoms with Gasteiger partial charge in [0, 0.05) is 0 Å². The van der Waals surface area contributed by atoms with Crippen LogP contribution in [0.1, 0.15) is 13.8 Å². The third kappa shape index (κ3) is 4.47. The first-order valence-electron chi connectivity index (χ1n) is 3.89. The fraction of sp³-hybridized carbons (Fsp3) is 0.333. The van der Waals surface area contributed by atoms with Gasteiger partial charge in [-0.25, -0.2) is 0 Å². The van der Waals surface area contributed by atoms with Crippen LogP contribution < -0.4 is 4.74 Å². The van der Waals surface area contributed by atoms with Crippen LogP contribution in [-0.4, -0.2) is 6.10 Å². The summed E-state index contributed by atoms with van der Waals surface area (Å²) in [5, 5.41) is 0. The SMILES string of the molecule is CC(C)Oc1c(F)c[c-]cc1F.[Zn+][Br]. The molecule has 0 heterocycles. The van der Waals surface area contributed by atoms with Gasteiger partial charge in [-0.15, -0.1) is 12.1 Å². The predicted octanol–water partition coefficient (Wildman–Crippen LogP) is 3.40. The van der Waals surface area contributed by atoms with Gasteiger partial charge in [-0.3, -0.25) is 8.78 Å². The molecule has 0 aliphatic rings. The number of rotatable bonds is 2. The van der Waals surface area contributed by atoms with Crippen LogP contribution in [-0.2, 0) is 16.3 Å². The van der Waals surface area contributed by atoms with Crippen LogP contribution in [0.2, 0.25) is 0 Å². The van der Waals surface area contributed by atoms with Gasteiger partial charge in [0.15, 0.2) is 0 Å². The molecular formula is C9H9BrF2OZn. The Morgan fingerprint density at radius 1 is 1.29 bits per heavy atom. The van der Waals surface area contributed by atoms with Crippen molar-refractivity contribution in [3.8, 4) is 5.75 Å². The van der Waals surface area contributed by atoms with Gasteiger partial charge < -0.3 is 4.74 Å². The molecule has 0 aliphatic heterocycles. The Balaban J connectivity index is 0.000000791. The quantitative estimate of drug-likeness (QED) is 0.600. The van der Waals surface area contributed by atoms with Gasteiger partial charge in [0.25, 0.3) is 0 Å². The summed E-state index contributed by atoms with van der Waals surface area (Å²) in [6, 6.07) is 4.40. The van der Waals surface area contributed by atoms with Crippen LogP contribution in [0.3, 0.4) is 0 Å². The predicted molar refractivity (Wildman–Crippen MR) is 49.9 cm³/mol. The third-order valence-corrected chi connectivity index (χ3v) is 1.21. The van der Waals surface area contributed by atoms with Crippen molar-refractivity contribution in [1.29, 1.82) is 0 Å². The normalized spacial score (nSPS) is 9.43. The van der Waals surface area contributed by atoms with Crippen molar-refractivity contribution in [2.45, 2.75) is 20.0 Å². The summed E-state index contributed by atoms with van der Waals surface area (Å²) in [6.45, 7) is 3.41. The zero-order valence-electron chi connectivity index (χ0n) is 7.98. The average Bonchev–Trinajstić information content (AvgIpc) is 2.15. The molecule has 0 aromatic heterocycles. The van der Waals surface area contributed by atoms with E-state index in [9.17, 15) is 8.78 Å². The second kappa shape index (κ2) is 7.30. The number of hydrogen-bond acceptors (Lipinski definition) is 1. The van der Waals surface area contributed by atoms with E-state index in [4.69, 9.17) is 4.74 Å². The van der Waals surface area contributed by atoms with E-state index in [2.05, 4.69) is 19.7 Å². The molecule has 1 aromatic carbocycles. The standard InChI is InChI=1S/C9H9F2O.BrH.Zn/c1-6(2)12-9-7(10)4-3-5-8(9)11;;/h4-6H,1-2H3;1H;/q-1;;+2/p-1. The molecule has 5 heteroatoms. The van der Waals surface area contributed by atoms with Crippen molar-refractivity contribution in [2.75, 3.05) is 0 Å². The van der Waals surface area contributed by atoms with Gasteiger partial charge in [0.1, 0.15) is 0 Å². The number of halogens is 3. The summed E-state index contributed by atoms with van der Waals surface area (Å²) in [5.41, 5.74) is 0. The number of benzene rings is 1. The van der Waals surface area contributed by atoms with Crippen LogP contribution in [0.4, 0.5) is 8.78 Å². The fourth-order valence-electron chi connectivity index (χ4n) is 0.781. The minimum atomic E-state index is -0.719. The van der Waals surface area contributed by atoms with Gasteiger partial charge in [0.05, 0.1) is 23.5 Å². The summed E-state index contributed by atoms with van der Waals surface area (Å²) >= 11 is 4.25. The number of hydrogen-bond donors (Lipinski definition) is 0. The Morgan fingerprint density at radius 2 is 1.71 bits per heavy atom. The molecule has 0 atom stereocenters. The molecule has 74 valence electrons. The Morgan fingerprint density at radius 3 is 2.07 bits per heavy atom. The van der Waals surface area contributed by atoms with E-state index in [1.165, 1.54) is 16.3 Å². The average molecular weight is 316 g/mol. The Kier molecular flexibility index (Phi) is 7.29. The number of ether oxygens (including phenoxy) is 1. The fourth-order valence-corrected chi connectivity index (χ4v) is 0.781. The molecule has 0 fully saturated rings. The molecular weight excluding hydrogens is 307 g/mol. The Hall–Kier alpha value is -0.0166. The first kappa shape index (κ1) is 14.0. The molecule has 0 spiro atoms. The second-order valence-corrected chi connectivity index (χ2v) is 2.65. The molecule has 0 N–H and O–H groups in total. The van der Waals surface area contributed by atoms with E-state index in [0.717, 1.165) is 12.1 Å². The molecule has 14 heavy (non-hydrogen) atoms. The Bertz CT molecular complexity index is 261. The summed E-state index contributed by atoms with van der Waals surface area (Å²) < 4.78 is 30.5. The monoisotopic (exact) mass is 314 g/mol. The van der Waals surface area contributed by atoms with Crippen LogP contribution >= 0.6 is 13.6 Å². The zero-order valence-corrected chi connectivity index (χ0v) is 12.5. The molecule has 1 rings (SSSR count). The first-order chi connectivity index (χ1) is 6.61. The van der Waals surface area contributed by atoms with E-state index in [0.29, 0.717) is 0 Å². The molecule has 0 bridgehead atoms. The summed E-state index contributed by atoms with van der Waals surface area (Å²) in [6.07, 6.45) is -0.239. The molecule has 0 radical (unpaired) electrons. The van der Waals surface area contributed by atoms with Crippen LogP contribution in [0.25, 0.3) is 0 Å². The zero-order chi connectivity index (χ0) is 11.1. The van der Waals surface area contributed by atoms with E-state index < -0.39 is 11.6 Å². The molecule has 0 unspecified atom stereocenters. The molecule has 0 saturated heterocycles. The molecule has 0 saturated carbocycles. The minimum absolute atomic E-state index is 0.239. The van der Waals surface area contributed by atoms with E-state index >= 15 is 0 Å². The van der Waals surface area contributed by atoms with Gasteiger partial charge >= 0.3 is 30.0 Å². The van der Waals surface area contributed by atoms with Crippen molar-refractivity contribution in [1.82, 2.24) is 0 Å². The van der Waals surface area contributed by atoms with E-state index in [1.807, 2.05) is 0 Å². The maximum atomic E-state index is 12.8.